The van der Waals surface area contributed by atoms with Gasteiger partial charge in [-0.25, -0.2) is 4.98 Å². The van der Waals surface area contributed by atoms with E-state index in [0.29, 0.717) is 25.4 Å². The van der Waals surface area contributed by atoms with Crippen LogP contribution >= 0.6 is 11.8 Å². The molecule has 1 heterocycles. The number of ether oxygens (including phenoxy) is 1. The Hall–Kier alpha value is -3.09. The molecule has 0 unspecified atom stereocenters. The lowest BCUT2D eigenvalue weighted by atomic mass is 10.2. The number of fused-ring (bicyclic) bond motifs is 1. The van der Waals surface area contributed by atoms with E-state index in [4.69, 9.17) is 9.72 Å². The van der Waals surface area contributed by atoms with Gasteiger partial charge in [-0.3, -0.25) is 4.79 Å². The molecule has 1 aromatic heterocycles. The van der Waals surface area contributed by atoms with Crippen LogP contribution in [-0.4, -0.2) is 34.9 Å². The summed E-state index contributed by atoms with van der Waals surface area (Å²) in [5.74, 6) is 0.350. The van der Waals surface area contributed by atoms with Crippen molar-refractivity contribution in [1.29, 1.82) is 0 Å². The molecule has 0 radical (unpaired) electrons. The first-order chi connectivity index (χ1) is 15.3. The molecule has 0 saturated heterocycles. The van der Waals surface area contributed by atoms with Crippen LogP contribution in [0.15, 0.2) is 90.1 Å². The van der Waals surface area contributed by atoms with E-state index >= 15 is 0 Å². The van der Waals surface area contributed by atoms with E-state index in [2.05, 4.69) is 10.6 Å². The van der Waals surface area contributed by atoms with Crippen molar-refractivity contribution in [2.24, 2.45) is 0 Å². The predicted octanol–water partition coefficient (Wildman–Crippen LogP) is 5.01. The highest BCUT2D eigenvalue weighted by atomic mass is 32.2. The van der Waals surface area contributed by atoms with Crippen LogP contribution in [0.2, 0.25) is 0 Å². The Kier molecular flexibility index (Phi) is 7.02. The number of anilines is 1. The van der Waals surface area contributed by atoms with Gasteiger partial charge in [0.1, 0.15) is 0 Å². The van der Waals surface area contributed by atoms with Crippen molar-refractivity contribution in [2.75, 3.05) is 24.4 Å². The van der Waals surface area contributed by atoms with Crippen molar-refractivity contribution in [2.45, 2.75) is 18.2 Å². The Bertz CT molecular complexity index is 1130. The largest absolute Gasteiger partial charge is 0.383 e. The van der Waals surface area contributed by atoms with E-state index in [0.717, 1.165) is 27.4 Å². The monoisotopic (exact) mass is 431 g/mol. The zero-order valence-electron chi connectivity index (χ0n) is 17.5. The molecule has 3 aromatic carbocycles. The van der Waals surface area contributed by atoms with Crippen molar-refractivity contribution in [1.82, 2.24) is 9.55 Å². The first kappa shape index (κ1) is 21.2. The van der Waals surface area contributed by atoms with Crippen molar-refractivity contribution in [3.05, 3.63) is 90.5 Å². The standard InChI is InChI=1S/C25H25N3O2S/c1-30-17-16-27-23-15-9-8-14-22(23)26-25(27)31-19-24(29)28(21-12-6-3-7-13-21)18-20-10-4-2-5-11-20/h2-15H,16-19H2,1H3. The molecule has 0 saturated carbocycles. The van der Waals surface area contributed by atoms with E-state index in [1.807, 2.05) is 83.8 Å². The number of hydrogen-bond acceptors (Lipinski definition) is 4. The highest BCUT2D eigenvalue weighted by molar-refractivity contribution is 7.99. The maximum atomic E-state index is 13.3. The highest BCUT2D eigenvalue weighted by Gasteiger charge is 2.19. The second kappa shape index (κ2) is 10.3. The summed E-state index contributed by atoms with van der Waals surface area (Å²) < 4.78 is 7.40. The minimum Gasteiger partial charge on any atom is -0.383 e. The molecule has 0 atom stereocenters. The molecular weight excluding hydrogens is 406 g/mol. The van der Waals surface area contributed by atoms with E-state index in [1.54, 1.807) is 7.11 Å². The van der Waals surface area contributed by atoms with E-state index in [9.17, 15) is 4.79 Å². The number of rotatable bonds is 9. The molecule has 0 N–H and O–H groups in total. The Morgan fingerprint density at radius 3 is 2.39 bits per heavy atom. The highest BCUT2D eigenvalue weighted by Crippen LogP contribution is 2.26. The first-order valence-electron chi connectivity index (χ1n) is 10.2. The van der Waals surface area contributed by atoms with Crippen molar-refractivity contribution >= 4 is 34.4 Å². The van der Waals surface area contributed by atoms with Gasteiger partial charge in [0, 0.05) is 19.3 Å². The molecule has 0 aliphatic carbocycles. The minimum atomic E-state index is 0.0467. The summed E-state index contributed by atoms with van der Waals surface area (Å²) in [6.45, 7) is 1.82. The Morgan fingerprint density at radius 1 is 0.968 bits per heavy atom. The Labute approximate surface area is 186 Å². The molecular formula is C25H25N3O2S. The third-order valence-corrected chi connectivity index (χ3v) is 5.98. The lowest BCUT2D eigenvalue weighted by molar-refractivity contribution is -0.116. The maximum absolute atomic E-state index is 13.3. The fourth-order valence-corrected chi connectivity index (χ4v) is 4.38. The quantitative estimate of drug-likeness (QED) is 0.350. The van der Waals surface area contributed by atoms with Gasteiger partial charge in [-0.15, -0.1) is 0 Å². The molecule has 5 nitrogen and oxygen atoms in total. The fourth-order valence-electron chi connectivity index (χ4n) is 3.46. The van der Waals surface area contributed by atoms with Gasteiger partial charge in [0.15, 0.2) is 5.16 Å². The van der Waals surface area contributed by atoms with Gasteiger partial charge in [0.2, 0.25) is 5.91 Å². The maximum Gasteiger partial charge on any atom is 0.237 e. The molecule has 31 heavy (non-hydrogen) atoms. The van der Waals surface area contributed by atoms with Gasteiger partial charge in [-0.05, 0) is 29.8 Å². The van der Waals surface area contributed by atoms with Crippen LogP contribution in [0.1, 0.15) is 5.56 Å². The number of thioether (sulfide) groups is 1. The zero-order chi connectivity index (χ0) is 21.5. The SMILES string of the molecule is COCCn1c(SCC(=O)N(Cc2ccccc2)c2ccccc2)nc2ccccc21. The van der Waals surface area contributed by atoms with Gasteiger partial charge in [-0.2, -0.15) is 0 Å². The molecule has 1 amide bonds. The lowest BCUT2D eigenvalue weighted by Gasteiger charge is -2.23. The van der Waals surface area contributed by atoms with Crippen molar-refractivity contribution < 1.29 is 9.53 Å². The number of aromatic nitrogens is 2. The van der Waals surface area contributed by atoms with Crippen LogP contribution in [0.25, 0.3) is 11.0 Å². The van der Waals surface area contributed by atoms with Crippen LogP contribution < -0.4 is 4.90 Å². The molecule has 0 aliphatic rings. The molecule has 158 valence electrons. The molecule has 4 aromatic rings. The van der Waals surface area contributed by atoms with Gasteiger partial charge in [-0.1, -0.05) is 72.4 Å². The van der Waals surface area contributed by atoms with Crippen molar-refractivity contribution in [3.8, 4) is 0 Å². The summed E-state index contributed by atoms with van der Waals surface area (Å²) in [7, 11) is 1.69. The number of nitrogens with zero attached hydrogens (tertiary/aromatic N) is 3. The molecule has 0 bridgehead atoms. The van der Waals surface area contributed by atoms with Crippen molar-refractivity contribution in [3.63, 3.8) is 0 Å². The normalized spacial score (nSPS) is 11.0. The van der Waals surface area contributed by atoms with Gasteiger partial charge in [0.25, 0.3) is 0 Å². The lowest BCUT2D eigenvalue weighted by Crippen LogP contribution is -2.32. The number of carbonyl (C=O) groups is 1. The van der Waals surface area contributed by atoms with E-state index in [1.165, 1.54) is 11.8 Å². The molecule has 6 heteroatoms. The van der Waals surface area contributed by atoms with Gasteiger partial charge in [0.05, 0.1) is 29.9 Å². The topological polar surface area (TPSA) is 47.4 Å². The van der Waals surface area contributed by atoms with Crippen LogP contribution in [0.5, 0.6) is 0 Å². The average Bonchev–Trinajstić information content (AvgIpc) is 3.18. The number of hydrogen-bond donors (Lipinski definition) is 0. The third kappa shape index (κ3) is 5.16. The van der Waals surface area contributed by atoms with E-state index in [-0.39, 0.29) is 5.91 Å². The summed E-state index contributed by atoms with van der Waals surface area (Å²) in [6, 6.07) is 27.9. The second-order valence-corrected chi connectivity index (χ2v) is 8.06. The van der Waals surface area contributed by atoms with Crippen LogP contribution in [0.3, 0.4) is 0 Å². The summed E-state index contributed by atoms with van der Waals surface area (Å²) in [4.78, 5) is 19.9. The second-order valence-electron chi connectivity index (χ2n) is 7.12. The molecule has 0 spiro atoms. The zero-order valence-corrected chi connectivity index (χ0v) is 18.3. The molecule has 4 rings (SSSR count). The van der Waals surface area contributed by atoms with Crippen LogP contribution in [0.4, 0.5) is 5.69 Å². The Morgan fingerprint density at radius 2 is 1.65 bits per heavy atom. The number of benzene rings is 3. The van der Waals surface area contributed by atoms with Gasteiger partial charge >= 0.3 is 0 Å². The molecule has 0 fully saturated rings. The Balaban J connectivity index is 1.55. The van der Waals surface area contributed by atoms with Gasteiger partial charge < -0.3 is 14.2 Å². The first-order valence-corrected chi connectivity index (χ1v) is 11.2. The average molecular weight is 432 g/mol. The number of carbonyl (C=O) groups excluding carboxylic acids is 1. The van der Waals surface area contributed by atoms with Crippen LogP contribution in [-0.2, 0) is 22.6 Å². The summed E-state index contributed by atoms with van der Waals surface area (Å²) >= 11 is 1.47. The number of imidazole rings is 1. The number of amides is 1. The summed E-state index contributed by atoms with van der Waals surface area (Å²) in [6.07, 6.45) is 0. The van der Waals surface area contributed by atoms with Crippen LogP contribution in [0, 0.1) is 0 Å². The minimum absolute atomic E-state index is 0.0467. The summed E-state index contributed by atoms with van der Waals surface area (Å²) in [5.41, 5.74) is 3.97. The summed E-state index contributed by atoms with van der Waals surface area (Å²) in [5, 5.41) is 0.833. The fraction of sp³-hybridized carbons (Fsp3) is 0.200. The predicted molar refractivity (Wildman–Crippen MR) is 126 cm³/mol. The number of methoxy groups -OCH3 is 1. The van der Waals surface area contributed by atoms with E-state index < -0.39 is 0 Å². The molecule has 0 aliphatic heterocycles. The number of para-hydroxylation sites is 3. The smallest absolute Gasteiger partial charge is 0.237 e. The third-order valence-electron chi connectivity index (χ3n) is 5.02.